The smallest absolute Gasteiger partial charge is 0.0576 e. The van der Waals surface area contributed by atoms with Gasteiger partial charge in [0.25, 0.3) is 0 Å². The summed E-state index contributed by atoms with van der Waals surface area (Å²) in [5.74, 6) is 0. The van der Waals surface area contributed by atoms with E-state index in [9.17, 15) is 4.21 Å². The molecule has 0 saturated heterocycles. The summed E-state index contributed by atoms with van der Waals surface area (Å²) in [5.41, 5.74) is 0.210. The Kier molecular flexibility index (Phi) is 5.27. The molecule has 1 N–H and O–H groups in total. The van der Waals surface area contributed by atoms with Gasteiger partial charge in [0.15, 0.2) is 0 Å². The maximum Gasteiger partial charge on any atom is 0.0576 e. The maximum atomic E-state index is 12.8. The van der Waals surface area contributed by atoms with E-state index in [-0.39, 0.29) is 10.7 Å². The second kappa shape index (κ2) is 6.59. The standard InChI is InChI=1S/C16H24ClNOS/c1-4-11-18-15-14(9-10-16(15,2)3)20(19)13-7-5-12(17)6-8-13/h5-8,14-15,18H,4,9-11H2,1-3H3. The van der Waals surface area contributed by atoms with E-state index in [0.29, 0.717) is 11.1 Å². The highest BCUT2D eigenvalue weighted by atomic mass is 35.5. The molecule has 0 heterocycles. The molecule has 0 radical (unpaired) electrons. The third-order valence-electron chi connectivity index (χ3n) is 4.22. The predicted octanol–water partition coefficient (Wildman–Crippen LogP) is 4.00. The molecule has 1 fully saturated rings. The first-order valence-corrected chi connectivity index (χ1v) is 8.94. The number of rotatable bonds is 5. The number of nitrogens with one attached hydrogen (secondary N) is 1. The highest BCUT2D eigenvalue weighted by molar-refractivity contribution is 7.85. The van der Waals surface area contributed by atoms with Gasteiger partial charge in [-0.1, -0.05) is 32.4 Å². The Morgan fingerprint density at radius 2 is 2.00 bits per heavy atom. The first-order valence-electron chi connectivity index (χ1n) is 7.35. The SMILES string of the molecule is CCCNC1C(S(=O)c2ccc(Cl)cc2)CCC1(C)C. The molecule has 1 aliphatic rings. The monoisotopic (exact) mass is 313 g/mol. The fourth-order valence-electron chi connectivity index (χ4n) is 3.02. The van der Waals surface area contributed by atoms with Gasteiger partial charge in [-0.3, -0.25) is 4.21 Å². The highest BCUT2D eigenvalue weighted by Gasteiger charge is 2.44. The van der Waals surface area contributed by atoms with Crippen LogP contribution in [-0.2, 0) is 10.8 Å². The van der Waals surface area contributed by atoms with Gasteiger partial charge in [0.1, 0.15) is 0 Å². The van der Waals surface area contributed by atoms with Gasteiger partial charge in [0, 0.05) is 16.0 Å². The highest BCUT2D eigenvalue weighted by Crippen LogP contribution is 2.41. The fourth-order valence-corrected chi connectivity index (χ4v) is 4.95. The quantitative estimate of drug-likeness (QED) is 0.890. The van der Waals surface area contributed by atoms with E-state index >= 15 is 0 Å². The molecule has 20 heavy (non-hydrogen) atoms. The fraction of sp³-hybridized carbons (Fsp3) is 0.625. The van der Waals surface area contributed by atoms with Gasteiger partial charge in [0.2, 0.25) is 0 Å². The summed E-state index contributed by atoms with van der Waals surface area (Å²) in [5, 5.41) is 4.50. The molecular formula is C16H24ClNOS. The molecule has 0 bridgehead atoms. The molecule has 0 aromatic heterocycles. The molecule has 1 saturated carbocycles. The van der Waals surface area contributed by atoms with Crippen molar-refractivity contribution < 1.29 is 4.21 Å². The Hall–Kier alpha value is -0.380. The molecule has 4 heteroatoms. The zero-order chi connectivity index (χ0) is 14.8. The lowest BCUT2D eigenvalue weighted by Gasteiger charge is -2.31. The Morgan fingerprint density at radius 1 is 1.35 bits per heavy atom. The van der Waals surface area contributed by atoms with Gasteiger partial charge in [-0.05, 0) is 55.5 Å². The average Bonchev–Trinajstić information content (AvgIpc) is 2.71. The summed E-state index contributed by atoms with van der Waals surface area (Å²) < 4.78 is 12.8. The first-order chi connectivity index (χ1) is 9.45. The number of hydrogen-bond acceptors (Lipinski definition) is 2. The minimum atomic E-state index is -0.968. The Morgan fingerprint density at radius 3 is 2.60 bits per heavy atom. The van der Waals surface area contributed by atoms with Gasteiger partial charge in [-0.25, -0.2) is 0 Å². The minimum Gasteiger partial charge on any atom is -0.312 e. The second-order valence-corrected chi connectivity index (χ2v) is 8.36. The number of hydrogen-bond donors (Lipinski definition) is 1. The van der Waals surface area contributed by atoms with Crippen molar-refractivity contribution >= 4 is 22.4 Å². The van der Waals surface area contributed by atoms with Gasteiger partial charge in [-0.2, -0.15) is 0 Å². The zero-order valence-electron chi connectivity index (χ0n) is 12.5. The van der Waals surface area contributed by atoms with E-state index in [1.165, 1.54) is 0 Å². The van der Waals surface area contributed by atoms with Crippen LogP contribution in [-0.4, -0.2) is 22.0 Å². The predicted molar refractivity (Wildman–Crippen MR) is 86.7 cm³/mol. The lowest BCUT2D eigenvalue weighted by atomic mass is 9.87. The Balaban J connectivity index is 2.17. The molecule has 1 aliphatic carbocycles. The summed E-state index contributed by atoms with van der Waals surface area (Å²) in [4.78, 5) is 0.889. The van der Waals surface area contributed by atoms with Crippen LogP contribution < -0.4 is 5.32 Å². The summed E-state index contributed by atoms with van der Waals surface area (Å²) in [6.45, 7) is 7.71. The largest absolute Gasteiger partial charge is 0.312 e. The van der Waals surface area contributed by atoms with Crippen LogP contribution >= 0.6 is 11.6 Å². The molecular weight excluding hydrogens is 290 g/mol. The summed E-state index contributed by atoms with van der Waals surface area (Å²) in [6.07, 6.45) is 3.24. The third kappa shape index (κ3) is 3.44. The van der Waals surface area contributed by atoms with E-state index in [1.807, 2.05) is 24.3 Å². The van der Waals surface area contributed by atoms with Crippen LogP contribution in [0.3, 0.4) is 0 Å². The lowest BCUT2D eigenvalue weighted by molar-refractivity contribution is 0.286. The van der Waals surface area contributed by atoms with Crippen LogP contribution in [0.15, 0.2) is 29.2 Å². The average molecular weight is 314 g/mol. The van der Waals surface area contributed by atoms with Gasteiger partial charge < -0.3 is 5.32 Å². The van der Waals surface area contributed by atoms with Gasteiger partial charge in [-0.15, -0.1) is 0 Å². The van der Waals surface area contributed by atoms with E-state index in [1.54, 1.807) is 0 Å². The molecule has 3 unspecified atom stereocenters. The van der Waals surface area contributed by atoms with Crippen molar-refractivity contribution in [1.29, 1.82) is 0 Å². The minimum absolute atomic E-state index is 0.192. The van der Waals surface area contributed by atoms with Crippen LogP contribution in [0.25, 0.3) is 0 Å². The summed E-state index contributed by atoms with van der Waals surface area (Å²) in [6, 6.07) is 7.74. The molecule has 2 rings (SSSR count). The molecule has 0 aliphatic heterocycles. The van der Waals surface area contributed by atoms with Gasteiger partial charge in [0.05, 0.1) is 16.0 Å². The van der Waals surface area contributed by atoms with E-state index < -0.39 is 10.8 Å². The van der Waals surface area contributed by atoms with Crippen molar-refractivity contribution in [3.8, 4) is 0 Å². The maximum absolute atomic E-state index is 12.8. The van der Waals surface area contributed by atoms with Gasteiger partial charge >= 0.3 is 0 Å². The number of benzene rings is 1. The van der Waals surface area contributed by atoms with Crippen LogP contribution in [0.1, 0.15) is 40.0 Å². The van der Waals surface area contributed by atoms with Crippen LogP contribution in [0.2, 0.25) is 5.02 Å². The third-order valence-corrected chi connectivity index (χ3v) is 6.27. The topological polar surface area (TPSA) is 29.1 Å². The van der Waals surface area contributed by atoms with E-state index in [4.69, 9.17) is 11.6 Å². The van der Waals surface area contributed by atoms with Crippen LogP contribution in [0, 0.1) is 5.41 Å². The lowest BCUT2D eigenvalue weighted by Crippen LogP contribution is -2.46. The van der Waals surface area contributed by atoms with Crippen molar-refractivity contribution in [3.05, 3.63) is 29.3 Å². The first kappa shape index (κ1) is 16.0. The molecule has 0 amide bonds. The zero-order valence-corrected chi connectivity index (χ0v) is 14.1. The molecule has 3 atom stereocenters. The molecule has 1 aromatic carbocycles. The normalized spacial score (nSPS) is 26.6. The van der Waals surface area contributed by atoms with Crippen molar-refractivity contribution in [2.45, 2.75) is 56.2 Å². The Bertz CT molecular complexity index is 472. The van der Waals surface area contributed by atoms with Crippen molar-refractivity contribution in [1.82, 2.24) is 5.32 Å². The number of halogens is 1. The molecule has 0 spiro atoms. The van der Waals surface area contributed by atoms with E-state index in [2.05, 4.69) is 26.1 Å². The molecule has 1 aromatic rings. The molecule has 2 nitrogen and oxygen atoms in total. The second-order valence-electron chi connectivity index (χ2n) is 6.25. The van der Waals surface area contributed by atoms with Crippen molar-refractivity contribution in [3.63, 3.8) is 0 Å². The summed E-state index contributed by atoms with van der Waals surface area (Å²) >= 11 is 5.91. The molecule has 112 valence electrons. The van der Waals surface area contributed by atoms with Crippen molar-refractivity contribution in [2.75, 3.05) is 6.54 Å². The summed E-state index contributed by atoms with van der Waals surface area (Å²) in [7, 11) is -0.968. The van der Waals surface area contributed by atoms with E-state index in [0.717, 1.165) is 30.7 Å². The van der Waals surface area contributed by atoms with Crippen LogP contribution in [0.4, 0.5) is 0 Å². The Labute approximate surface area is 129 Å². The van der Waals surface area contributed by atoms with Crippen LogP contribution in [0.5, 0.6) is 0 Å². The van der Waals surface area contributed by atoms with Crippen molar-refractivity contribution in [2.24, 2.45) is 5.41 Å².